The van der Waals surface area contributed by atoms with Gasteiger partial charge in [0.15, 0.2) is 0 Å². The number of aryl methyl sites for hydroxylation is 1. The van der Waals surface area contributed by atoms with E-state index in [1.165, 1.54) is 0 Å². The molecule has 3 nitrogen and oxygen atoms in total. The molecule has 0 saturated heterocycles. The van der Waals surface area contributed by atoms with Crippen molar-refractivity contribution in [2.24, 2.45) is 0 Å². The van der Waals surface area contributed by atoms with Gasteiger partial charge in [0.05, 0.1) is 12.0 Å². The average molecular weight is 238 g/mol. The summed E-state index contributed by atoms with van der Waals surface area (Å²) in [4.78, 5) is 11.9. The maximum Gasteiger partial charge on any atom is 0.253 e. The fourth-order valence-corrected chi connectivity index (χ4v) is 1.90. The van der Waals surface area contributed by atoms with Crippen molar-refractivity contribution in [2.45, 2.75) is 19.4 Å². The summed E-state index contributed by atoms with van der Waals surface area (Å²) in [6, 6.07) is 15.4. The Hall–Kier alpha value is -2.34. The predicted octanol–water partition coefficient (Wildman–Crippen LogP) is 2.46. The minimum Gasteiger partial charge on any atom is -0.314 e. The lowest BCUT2D eigenvalue weighted by atomic mass is 10.0. The second kappa shape index (κ2) is 5.33. The quantitative estimate of drug-likeness (QED) is 0.824. The van der Waals surface area contributed by atoms with Crippen LogP contribution in [-0.4, -0.2) is 4.57 Å². The van der Waals surface area contributed by atoms with Gasteiger partial charge in [0, 0.05) is 18.3 Å². The van der Waals surface area contributed by atoms with Gasteiger partial charge < -0.3 is 4.57 Å². The zero-order valence-corrected chi connectivity index (χ0v) is 10.2. The van der Waals surface area contributed by atoms with Gasteiger partial charge in [0.2, 0.25) is 0 Å². The Balaban J connectivity index is 2.30. The lowest BCUT2D eigenvalue weighted by Crippen LogP contribution is -2.23. The molecule has 0 saturated carbocycles. The number of hydrogen-bond acceptors (Lipinski definition) is 2. The predicted molar refractivity (Wildman–Crippen MR) is 70.2 cm³/mol. The van der Waals surface area contributed by atoms with Crippen LogP contribution in [0.25, 0.3) is 0 Å². The van der Waals surface area contributed by atoms with E-state index >= 15 is 0 Å². The van der Waals surface area contributed by atoms with Gasteiger partial charge in [-0.3, -0.25) is 4.79 Å². The van der Waals surface area contributed by atoms with E-state index in [1.54, 1.807) is 23.8 Å². The first-order valence-electron chi connectivity index (χ1n) is 5.83. The van der Waals surface area contributed by atoms with Crippen LogP contribution in [0.3, 0.4) is 0 Å². The standard InChI is InChI=1S/C15H14N2O/c1-12-6-5-9-17(15(12)18)11-14(10-16)13-7-3-2-4-8-13/h2-9,14H,11H2,1H3. The van der Waals surface area contributed by atoms with E-state index < -0.39 is 0 Å². The van der Waals surface area contributed by atoms with Crippen LogP contribution >= 0.6 is 0 Å². The van der Waals surface area contributed by atoms with Gasteiger partial charge in [0.25, 0.3) is 5.56 Å². The molecule has 0 bridgehead atoms. The third kappa shape index (κ3) is 2.49. The fourth-order valence-electron chi connectivity index (χ4n) is 1.90. The van der Waals surface area contributed by atoms with Gasteiger partial charge in [-0.15, -0.1) is 0 Å². The summed E-state index contributed by atoms with van der Waals surface area (Å²) < 4.78 is 1.59. The summed E-state index contributed by atoms with van der Waals surface area (Å²) >= 11 is 0. The van der Waals surface area contributed by atoms with Crippen LogP contribution in [0, 0.1) is 18.3 Å². The Morgan fingerprint density at radius 2 is 1.94 bits per heavy atom. The topological polar surface area (TPSA) is 45.8 Å². The normalized spacial score (nSPS) is 11.8. The van der Waals surface area contributed by atoms with E-state index in [1.807, 2.05) is 36.4 Å². The molecule has 2 rings (SSSR count). The van der Waals surface area contributed by atoms with E-state index in [-0.39, 0.29) is 11.5 Å². The molecule has 90 valence electrons. The van der Waals surface area contributed by atoms with E-state index in [0.29, 0.717) is 12.1 Å². The Kier molecular flexibility index (Phi) is 3.59. The molecule has 0 aliphatic heterocycles. The maximum absolute atomic E-state index is 11.9. The minimum absolute atomic E-state index is 0.0336. The highest BCUT2D eigenvalue weighted by molar-refractivity contribution is 5.24. The van der Waals surface area contributed by atoms with Gasteiger partial charge >= 0.3 is 0 Å². The van der Waals surface area contributed by atoms with Gasteiger partial charge in [-0.2, -0.15) is 5.26 Å². The molecular weight excluding hydrogens is 224 g/mol. The molecule has 1 atom stereocenters. The smallest absolute Gasteiger partial charge is 0.253 e. The van der Waals surface area contributed by atoms with Gasteiger partial charge in [-0.05, 0) is 18.6 Å². The molecule has 1 unspecified atom stereocenters. The molecule has 0 N–H and O–H groups in total. The van der Waals surface area contributed by atoms with Crippen molar-refractivity contribution < 1.29 is 0 Å². The van der Waals surface area contributed by atoms with Crippen molar-refractivity contribution in [3.63, 3.8) is 0 Å². The highest BCUT2D eigenvalue weighted by Gasteiger charge is 2.11. The second-order valence-corrected chi connectivity index (χ2v) is 4.24. The molecule has 1 heterocycles. The fraction of sp³-hybridized carbons (Fsp3) is 0.200. The summed E-state index contributed by atoms with van der Waals surface area (Å²) in [5.41, 5.74) is 1.60. The summed E-state index contributed by atoms with van der Waals surface area (Å²) in [6.07, 6.45) is 1.72. The van der Waals surface area contributed by atoms with Gasteiger partial charge in [-0.1, -0.05) is 36.4 Å². The number of aromatic nitrogens is 1. The Morgan fingerprint density at radius 3 is 2.61 bits per heavy atom. The summed E-state index contributed by atoms with van der Waals surface area (Å²) in [7, 11) is 0. The number of nitrogens with zero attached hydrogens (tertiary/aromatic N) is 2. The minimum atomic E-state index is -0.300. The van der Waals surface area contributed by atoms with Crippen LogP contribution in [-0.2, 0) is 6.54 Å². The monoisotopic (exact) mass is 238 g/mol. The van der Waals surface area contributed by atoms with E-state index in [4.69, 9.17) is 0 Å². The van der Waals surface area contributed by atoms with Crippen molar-refractivity contribution in [2.75, 3.05) is 0 Å². The molecule has 18 heavy (non-hydrogen) atoms. The zero-order chi connectivity index (χ0) is 13.0. The van der Waals surface area contributed by atoms with Crippen LogP contribution in [0.1, 0.15) is 17.0 Å². The maximum atomic E-state index is 11.9. The Morgan fingerprint density at radius 1 is 1.22 bits per heavy atom. The number of benzene rings is 1. The first-order valence-corrected chi connectivity index (χ1v) is 5.83. The molecule has 1 aromatic heterocycles. The second-order valence-electron chi connectivity index (χ2n) is 4.24. The molecule has 0 fully saturated rings. The molecule has 0 radical (unpaired) electrons. The molecule has 0 spiro atoms. The van der Waals surface area contributed by atoms with Gasteiger partial charge in [0.1, 0.15) is 0 Å². The summed E-state index contributed by atoms with van der Waals surface area (Å²) in [5, 5.41) is 9.24. The van der Waals surface area contributed by atoms with E-state index in [2.05, 4.69) is 6.07 Å². The van der Waals surface area contributed by atoms with E-state index in [0.717, 1.165) is 5.56 Å². The SMILES string of the molecule is Cc1cccn(CC(C#N)c2ccccc2)c1=O. The number of pyridine rings is 1. The number of nitriles is 1. The Labute approximate surface area is 106 Å². The highest BCUT2D eigenvalue weighted by Crippen LogP contribution is 2.15. The lowest BCUT2D eigenvalue weighted by molar-refractivity contribution is 0.621. The lowest BCUT2D eigenvalue weighted by Gasteiger charge is -2.12. The van der Waals surface area contributed by atoms with Crippen molar-refractivity contribution in [3.05, 3.63) is 70.1 Å². The highest BCUT2D eigenvalue weighted by atomic mass is 16.1. The third-order valence-electron chi connectivity index (χ3n) is 2.95. The largest absolute Gasteiger partial charge is 0.314 e. The molecule has 0 aliphatic rings. The average Bonchev–Trinajstić information content (AvgIpc) is 2.41. The first kappa shape index (κ1) is 12.1. The molecule has 2 aromatic rings. The zero-order valence-electron chi connectivity index (χ0n) is 10.2. The number of rotatable bonds is 3. The molecular formula is C15H14N2O. The molecule has 1 aromatic carbocycles. The summed E-state index contributed by atoms with van der Waals surface area (Å²) in [5.74, 6) is -0.300. The molecule has 0 amide bonds. The van der Waals surface area contributed by atoms with Crippen LogP contribution in [0.5, 0.6) is 0 Å². The van der Waals surface area contributed by atoms with Crippen LogP contribution in [0.15, 0.2) is 53.5 Å². The van der Waals surface area contributed by atoms with E-state index in [9.17, 15) is 10.1 Å². The van der Waals surface area contributed by atoms with Gasteiger partial charge in [-0.25, -0.2) is 0 Å². The van der Waals surface area contributed by atoms with Crippen molar-refractivity contribution in [3.8, 4) is 6.07 Å². The summed E-state index contributed by atoms with van der Waals surface area (Å²) in [6.45, 7) is 2.17. The van der Waals surface area contributed by atoms with Crippen LogP contribution in [0.4, 0.5) is 0 Å². The molecule has 0 aliphatic carbocycles. The Bertz CT molecular complexity index is 623. The molecule has 3 heteroatoms. The first-order chi connectivity index (χ1) is 8.72. The number of hydrogen-bond donors (Lipinski definition) is 0. The van der Waals surface area contributed by atoms with Crippen LogP contribution < -0.4 is 5.56 Å². The van der Waals surface area contributed by atoms with Crippen LogP contribution in [0.2, 0.25) is 0 Å². The van der Waals surface area contributed by atoms with Crippen molar-refractivity contribution in [1.82, 2.24) is 4.57 Å². The van der Waals surface area contributed by atoms with Crippen molar-refractivity contribution >= 4 is 0 Å². The third-order valence-corrected chi connectivity index (χ3v) is 2.95. The van der Waals surface area contributed by atoms with Crippen molar-refractivity contribution in [1.29, 1.82) is 5.26 Å².